The SMILES string of the molecule is CCc1ccc(C)c(CC)c1CC(=O)O. The van der Waals surface area contributed by atoms with Gasteiger partial charge < -0.3 is 5.11 Å². The molecule has 0 aliphatic carbocycles. The summed E-state index contributed by atoms with van der Waals surface area (Å²) in [6.45, 7) is 6.19. The third kappa shape index (κ3) is 2.58. The maximum Gasteiger partial charge on any atom is 0.307 e. The summed E-state index contributed by atoms with van der Waals surface area (Å²) in [6.07, 6.45) is 1.95. The van der Waals surface area contributed by atoms with Crippen molar-refractivity contribution in [2.75, 3.05) is 0 Å². The molecule has 0 atom stereocenters. The van der Waals surface area contributed by atoms with Gasteiger partial charge in [0.05, 0.1) is 6.42 Å². The van der Waals surface area contributed by atoms with Gasteiger partial charge in [0.1, 0.15) is 0 Å². The first-order valence-corrected chi connectivity index (χ1v) is 5.42. The second-order valence-electron chi connectivity index (χ2n) is 3.78. The molecule has 0 unspecified atom stereocenters. The van der Waals surface area contributed by atoms with Crippen LogP contribution in [-0.2, 0) is 24.1 Å². The Balaban J connectivity index is 3.26. The molecule has 2 heteroatoms. The zero-order valence-electron chi connectivity index (χ0n) is 9.63. The molecule has 0 aliphatic heterocycles. The van der Waals surface area contributed by atoms with Crippen LogP contribution in [0.25, 0.3) is 0 Å². The van der Waals surface area contributed by atoms with Gasteiger partial charge in [-0.2, -0.15) is 0 Å². The van der Waals surface area contributed by atoms with E-state index in [-0.39, 0.29) is 6.42 Å². The number of hydrogen-bond donors (Lipinski definition) is 1. The minimum absolute atomic E-state index is 0.147. The van der Waals surface area contributed by atoms with Gasteiger partial charge in [-0.3, -0.25) is 4.79 Å². The Kier molecular flexibility index (Phi) is 3.89. The molecule has 0 saturated carbocycles. The summed E-state index contributed by atoms with van der Waals surface area (Å²) in [4.78, 5) is 10.8. The number of carboxylic acids is 1. The molecule has 0 aromatic heterocycles. The first-order chi connectivity index (χ1) is 7.10. The molecule has 1 aromatic rings. The summed E-state index contributed by atoms with van der Waals surface area (Å²) >= 11 is 0. The van der Waals surface area contributed by atoms with E-state index in [9.17, 15) is 4.79 Å². The molecule has 1 N–H and O–H groups in total. The highest BCUT2D eigenvalue weighted by Crippen LogP contribution is 2.21. The summed E-state index contributed by atoms with van der Waals surface area (Å²) in [7, 11) is 0. The second-order valence-corrected chi connectivity index (χ2v) is 3.78. The first kappa shape index (κ1) is 11.8. The summed E-state index contributed by atoms with van der Waals surface area (Å²) < 4.78 is 0. The quantitative estimate of drug-likeness (QED) is 0.822. The molecule has 0 radical (unpaired) electrons. The molecule has 0 spiro atoms. The van der Waals surface area contributed by atoms with Crippen LogP contribution in [-0.4, -0.2) is 11.1 Å². The minimum atomic E-state index is -0.745. The topological polar surface area (TPSA) is 37.3 Å². The Bertz CT molecular complexity index is 367. The number of rotatable bonds is 4. The maximum absolute atomic E-state index is 10.8. The maximum atomic E-state index is 10.8. The van der Waals surface area contributed by atoms with E-state index in [4.69, 9.17) is 5.11 Å². The van der Waals surface area contributed by atoms with Crippen molar-refractivity contribution in [3.05, 3.63) is 34.4 Å². The fourth-order valence-corrected chi connectivity index (χ4v) is 2.05. The number of aryl methyl sites for hydroxylation is 2. The van der Waals surface area contributed by atoms with E-state index < -0.39 is 5.97 Å². The van der Waals surface area contributed by atoms with E-state index in [0.29, 0.717) is 0 Å². The average molecular weight is 206 g/mol. The lowest BCUT2D eigenvalue weighted by atomic mass is 9.92. The molecule has 15 heavy (non-hydrogen) atoms. The molecule has 0 bridgehead atoms. The Labute approximate surface area is 90.9 Å². The molecular weight excluding hydrogens is 188 g/mol. The molecule has 0 aliphatic rings. The van der Waals surface area contributed by atoms with E-state index in [0.717, 1.165) is 18.4 Å². The lowest BCUT2D eigenvalue weighted by molar-refractivity contribution is -0.136. The number of hydrogen-bond acceptors (Lipinski definition) is 1. The van der Waals surface area contributed by atoms with Crippen LogP contribution in [0, 0.1) is 6.92 Å². The van der Waals surface area contributed by atoms with Crippen molar-refractivity contribution in [3.63, 3.8) is 0 Å². The monoisotopic (exact) mass is 206 g/mol. The highest BCUT2D eigenvalue weighted by atomic mass is 16.4. The van der Waals surface area contributed by atoms with Gasteiger partial charge in [0.25, 0.3) is 0 Å². The first-order valence-electron chi connectivity index (χ1n) is 5.42. The van der Waals surface area contributed by atoms with E-state index in [2.05, 4.69) is 19.9 Å². The van der Waals surface area contributed by atoms with Crippen molar-refractivity contribution < 1.29 is 9.90 Å². The minimum Gasteiger partial charge on any atom is -0.481 e. The van der Waals surface area contributed by atoms with Crippen LogP contribution in [0.15, 0.2) is 12.1 Å². The van der Waals surface area contributed by atoms with Crippen LogP contribution >= 0.6 is 0 Å². The molecule has 1 aromatic carbocycles. The molecular formula is C13H18O2. The van der Waals surface area contributed by atoms with Crippen LogP contribution in [0.4, 0.5) is 0 Å². The molecule has 1 rings (SSSR count). The molecule has 0 heterocycles. The average Bonchev–Trinajstić information content (AvgIpc) is 2.18. The summed E-state index contributed by atoms with van der Waals surface area (Å²) in [5, 5.41) is 8.90. The molecule has 82 valence electrons. The highest BCUT2D eigenvalue weighted by Gasteiger charge is 2.11. The Hall–Kier alpha value is -1.31. The van der Waals surface area contributed by atoms with Crippen molar-refractivity contribution >= 4 is 5.97 Å². The van der Waals surface area contributed by atoms with E-state index in [1.54, 1.807) is 0 Å². The summed E-state index contributed by atoms with van der Waals surface area (Å²) in [5.74, 6) is -0.745. The van der Waals surface area contributed by atoms with E-state index in [1.807, 2.05) is 13.0 Å². The summed E-state index contributed by atoms with van der Waals surface area (Å²) in [6, 6.07) is 4.13. The van der Waals surface area contributed by atoms with Gasteiger partial charge in [-0.05, 0) is 42.0 Å². The van der Waals surface area contributed by atoms with Crippen LogP contribution < -0.4 is 0 Å². The number of benzene rings is 1. The lowest BCUT2D eigenvalue weighted by Crippen LogP contribution is -2.08. The van der Waals surface area contributed by atoms with Gasteiger partial charge in [0.15, 0.2) is 0 Å². The van der Waals surface area contributed by atoms with Crippen molar-refractivity contribution in [3.8, 4) is 0 Å². The molecule has 0 amide bonds. The van der Waals surface area contributed by atoms with E-state index in [1.165, 1.54) is 16.7 Å². The Morgan fingerprint density at radius 2 is 1.87 bits per heavy atom. The molecule has 0 saturated heterocycles. The van der Waals surface area contributed by atoms with Gasteiger partial charge >= 0.3 is 5.97 Å². The van der Waals surface area contributed by atoms with Crippen molar-refractivity contribution in [2.24, 2.45) is 0 Å². The lowest BCUT2D eigenvalue weighted by Gasteiger charge is -2.14. The fraction of sp³-hybridized carbons (Fsp3) is 0.462. The van der Waals surface area contributed by atoms with Crippen LogP contribution in [0.2, 0.25) is 0 Å². The zero-order chi connectivity index (χ0) is 11.4. The third-order valence-electron chi connectivity index (χ3n) is 2.82. The predicted octanol–water partition coefficient (Wildman–Crippen LogP) is 2.75. The van der Waals surface area contributed by atoms with Gasteiger partial charge in [0, 0.05) is 0 Å². The van der Waals surface area contributed by atoms with Gasteiger partial charge in [-0.15, -0.1) is 0 Å². The van der Waals surface area contributed by atoms with Gasteiger partial charge in [-0.25, -0.2) is 0 Å². The standard InChI is InChI=1S/C13H18O2/c1-4-10-7-6-9(3)11(5-2)12(10)8-13(14)15/h6-7H,4-5,8H2,1-3H3,(H,14,15). The number of carbonyl (C=O) groups is 1. The summed E-state index contributed by atoms with van der Waals surface area (Å²) in [5.41, 5.74) is 4.59. The van der Waals surface area contributed by atoms with Crippen molar-refractivity contribution in [2.45, 2.75) is 40.0 Å². The van der Waals surface area contributed by atoms with Gasteiger partial charge in [-0.1, -0.05) is 26.0 Å². The van der Waals surface area contributed by atoms with Crippen LogP contribution in [0.1, 0.15) is 36.1 Å². The highest BCUT2D eigenvalue weighted by molar-refractivity contribution is 5.71. The van der Waals surface area contributed by atoms with E-state index >= 15 is 0 Å². The van der Waals surface area contributed by atoms with Crippen LogP contribution in [0.3, 0.4) is 0 Å². The molecule has 2 nitrogen and oxygen atoms in total. The van der Waals surface area contributed by atoms with Gasteiger partial charge in [0.2, 0.25) is 0 Å². The number of aliphatic carboxylic acids is 1. The predicted molar refractivity (Wildman–Crippen MR) is 61.3 cm³/mol. The normalized spacial score (nSPS) is 10.3. The Morgan fingerprint density at radius 3 is 2.33 bits per heavy atom. The smallest absolute Gasteiger partial charge is 0.307 e. The Morgan fingerprint density at radius 1 is 1.20 bits per heavy atom. The number of carboxylic acid groups (broad SMARTS) is 1. The van der Waals surface area contributed by atoms with Crippen LogP contribution in [0.5, 0.6) is 0 Å². The zero-order valence-corrected chi connectivity index (χ0v) is 9.63. The van der Waals surface area contributed by atoms with Crippen molar-refractivity contribution in [1.29, 1.82) is 0 Å². The fourth-order valence-electron chi connectivity index (χ4n) is 2.05. The molecule has 0 fully saturated rings. The largest absolute Gasteiger partial charge is 0.481 e. The third-order valence-corrected chi connectivity index (χ3v) is 2.82. The van der Waals surface area contributed by atoms with Crippen molar-refractivity contribution in [1.82, 2.24) is 0 Å². The second kappa shape index (κ2) is 4.96.